The summed E-state index contributed by atoms with van der Waals surface area (Å²) >= 11 is 0. The van der Waals surface area contributed by atoms with Gasteiger partial charge in [-0.3, -0.25) is 5.10 Å². The second kappa shape index (κ2) is 4.59. The Bertz CT molecular complexity index is 1020. The van der Waals surface area contributed by atoms with Gasteiger partial charge in [0, 0.05) is 22.4 Å². The fraction of sp³-hybridized carbons (Fsp3) is 0.0588. The van der Waals surface area contributed by atoms with Crippen LogP contribution in [0.3, 0.4) is 0 Å². The number of pyridine rings is 1. The van der Waals surface area contributed by atoms with Crippen LogP contribution in [0.15, 0.2) is 42.5 Å². The first-order valence-corrected chi connectivity index (χ1v) is 6.84. The zero-order chi connectivity index (χ0) is 15.3. The van der Waals surface area contributed by atoms with E-state index < -0.39 is 11.6 Å². The Morgan fingerprint density at radius 3 is 2.55 bits per heavy atom. The van der Waals surface area contributed by atoms with Crippen LogP contribution in [0.1, 0.15) is 5.69 Å². The van der Waals surface area contributed by atoms with Crippen LogP contribution in [-0.2, 0) is 0 Å². The number of benzene rings is 2. The maximum absolute atomic E-state index is 14.2. The minimum Gasteiger partial charge on any atom is -0.275 e. The smallest absolute Gasteiger partial charge is 0.135 e. The summed E-state index contributed by atoms with van der Waals surface area (Å²) in [4.78, 5) is 4.57. The van der Waals surface area contributed by atoms with E-state index in [-0.39, 0.29) is 5.56 Å². The quantitative estimate of drug-likeness (QED) is 0.566. The zero-order valence-electron chi connectivity index (χ0n) is 11.7. The average molecular weight is 295 g/mol. The molecule has 0 atom stereocenters. The van der Waals surface area contributed by atoms with Gasteiger partial charge in [-0.2, -0.15) is 5.10 Å². The SMILES string of the molecule is Cc1n[nH]c2c1nc(-c1ccc(F)cc1F)c1ccccc12. The summed E-state index contributed by atoms with van der Waals surface area (Å²) in [5, 5.41) is 8.85. The maximum Gasteiger partial charge on any atom is 0.135 e. The van der Waals surface area contributed by atoms with Crippen LogP contribution in [0, 0.1) is 18.6 Å². The van der Waals surface area contributed by atoms with Crippen molar-refractivity contribution in [3.8, 4) is 11.3 Å². The molecule has 0 spiro atoms. The van der Waals surface area contributed by atoms with Crippen LogP contribution in [0.25, 0.3) is 33.1 Å². The number of aromatic amines is 1. The fourth-order valence-corrected chi connectivity index (χ4v) is 2.72. The molecule has 0 saturated heterocycles. The number of H-pyrrole nitrogens is 1. The molecule has 1 N–H and O–H groups in total. The largest absolute Gasteiger partial charge is 0.275 e. The summed E-state index contributed by atoms with van der Waals surface area (Å²) in [6.45, 7) is 1.84. The van der Waals surface area contributed by atoms with Crippen LogP contribution < -0.4 is 0 Å². The Labute approximate surface area is 124 Å². The molecule has 4 rings (SSSR count). The van der Waals surface area contributed by atoms with Crippen LogP contribution in [0.5, 0.6) is 0 Å². The number of aryl methyl sites for hydroxylation is 1. The number of hydrogen-bond donors (Lipinski definition) is 1. The molecule has 2 aromatic heterocycles. The predicted octanol–water partition coefficient (Wildman–Crippen LogP) is 4.36. The summed E-state index contributed by atoms with van der Waals surface area (Å²) in [5.41, 5.74) is 3.02. The molecule has 0 aliphatic carbocycles. The third-order valence-corrected chi connectivity index (χ3v) is 3.78. The molecule has 0 unspecified atom stereocenters. The highest BCUT2D eigenvalue weighted by Crippen LogP contribution is 2.33. The lowest BCUT2D eigenvalue weighted by Gasteiger charge is -2.08. The Balaban J connectivity index is 2.17. The normalized spacial score (nSPS) is 11.4. The topological polar surface area (TPSA) is 41.6 Å². The van der Waals surface area contributed by atoms with Crippen molar-refractivity contribution >= 4 is 21.8 Å². The molecular formula is C17H11F2N3. The molecule has 2 heterocycles. The molecular weight excluding hydrogens is 284 g/mol. The van der Waals surface area contributed by atoms with E-state index in [1.54, 1.807) is 0 Å². The van der Waals surface area contributed by atoms with Gasteiger partial charge in [-0.25, -0.2) is 13.8 Å². The van der Waals surface area contributed by atoms with Crippen molar-refractivity contribution in [1.82, 2.24) is 15.2 Å². The monoisotopic (exact) mass is 295 g/mol. The Kier molecular flexibility index (Phi) is 2.69. The minimum atomic E-state index is -0.627. The molecule has 0 saturated carbocycles. The number of fused-ring (bicyclic) bond motifs is 3. The second-order valence-electron chi connectivity index (χ2n) is 5.16. The van der Waals surface area contributed by atoms with Gasteiger partial charge in [0.15, 0.2) is 0 Å². The number of rotatable bonds is 1. The molecule has 4 aromatic rings. The maximum atomic E-state index is 14.2. The summed E-state index contributed by atoms with van der Waals surface area (Å²) in [6, 6.07) is 11.1. The van der Waals surface area contributed by atoms with E-state index in [0.29, 0.717) is 11.2 Å². The molecule has 0 aliphatic heterocycles. The standard InChI is InChI=1S/C17H11F2N3/c1-9-15-17(22-21-9)12-5-3-2-4-11(12)16(20-15)13-7-6-10(18)8-14(13)19/h2-8H,1H3,(H,21,22). The molecule has 3 nitrogen and oxygen atoms in total. The van der Waals surface area contributed by atoms with Crippen molar-refractivity contribution < 1.29 is 8.78 Å². The van der Waals surface area contributed by atoms with E-state index in [4.69, 9.17) is 0 Å². The lowest BCUT2D eigenvalue weighted by Crippen LogP contribution is -1.93. The van der Waals surface area contributed by atoms with Gasteiger partial charge in [0.05, 0.1) is 16.9 Å². The summed E-state index contributed by atoms with van der Waals surface area (Å²) in [7, 11) is 0. The highest BCUT2D eigenvalue weighted by Gasteiger charge is 2.16. The van der Waals surface area contributed by atoms with Crippen molar-refractivity contribution in [2.75, 3.05) is 0 Å². The van der Waals surface area contributed by atoms with Gasteiger partial charge < -0.3 is 0 Å². The highest BCUT2D eigenvalue weighted by molar-refractivity contribution is 6.09. The first-order chi connectivity index (χ1) is 10.6. The van der Waals surface area contributed by atoms with Crippen molar-refractivity contribution in [1.29, 1.82) is 0 Å². The van der Waals surface area contributed by atoms with Crippen molar-refractivity contribution in [3.63, 3.8) is 0 Å². The van der Waals surface area contributed by atoms with E-state index in [1.165, 1.54) is 12.1 Å². The number of halogens is 2. The van der Waals surface area contributed by atoms with E-state index in [1.807, 2.05) is 31.2 Å². The zero-order valence-corrected chi connectivity index (χ0v) is 11.7. The van der Waals surface area contributed by atoms with Gasteiger partial charge in [-0.1, -0.05) is 24.3 Å². The minimum absolute atomic E-state index is 0.278. The predicted molar refractivity (Wildman–Crippen MR) is 81.5 cm³/mol. The lowest BCUT2D eigenvalue weighted by atomic mass is 10.0. The molecule has 0 amide bonds. The van der Waals surface area contributed by atoms with Gasteiger partial charge >= 0.3 is 0 Å². The van der Waals surface area contributed by atoms with Gasteiger partial charge in [-0.15, -0.1) is 0 Å². The number of hydrogen-bond acceptors (Lipinski definition) is 2. The molecule has 2 aromatic carbocycles. The Morgan fingerprint density at radius 1 is 1.00 bits per heavy atom. The fourth-order valence-electron chi connectivity index (χ4n) is 2.72. The van der Waals surface area contributed by atoms with Crippen molar-refractivity contribution in [2.24, 2.45) is 0 Å². The van der Waals surface area contributed by atoms with Crippen molar-refractivity contribution in [3.05, 3.63) is 59.8 Å². The molecule has 0 radical (unpaired) electrons. The molecule has 5 heteroatoms. The Morgan fingerprint density at radius 2 is 1.77 bits per heavy atom. The van der Waals surface area contributed by atoms with Crippen LogP contribution in [0.4, 0.5) is 8.78 Å². The molecule has 108 valence electrons. The third-order valence-electron chi connectivity index (χ3n) is 3.78. The molecule has 0 fully saturated rings. The Hall–Kier alpha value is -2.82. The van der Waals surface area contributed by atoms with Gasteiger partial charge in [0.25, 0.3) is 0 Å². The van der Waals surface area contributed by atoms with Crippen LogP contribution in [0.2, 0.25) is 0 Å². The second-order valence-corrected chi connectivity index (χ2v) is 5.16. The number of aromatic nitrogens is 3. The van der Waals surface area contributed by atoms with Gasteiger partial charge in [0.1, 0.15) is 17.2 Å². The summed E-state index contributed by atoms with van der Waals surface area (Å²) in [6.07, 6.45) is 0. The molecule has 0 bridgehead atoms. The van der Waals surface area contributed by atoms with Crippen molar-refractivity contribution in [2.45, 2.75) is 6.92 Å². The van der Waals surface area contributed by atoms with Crippen LogP contribution >= 0.6 is 0 Å². The van der Waals surface area contributed by atoms with E-state index in [9.17, 15) is 8.78 Å². The summed E-state index contributed by atoms with van der Waals surface area (Å²) < 4.78 is 27.4. The third kappa shape index (κ3) is 1.79. The number of nitrogens with one attached hydrogen (secondary N) is 1. The molecule has 0 aliphatic rings. The van der Waals surface area contributed by atoms with Crippen LogP contribution in [-0.4, -0.2) is 15.2 Å². The molecule has 22 heavy (non-hydrogen) atoms. The number of nitrogens with zero attached hydrogens (tertiary/aromatic N) is 2. The van der Waals surface area contributed by atoms with E-state index >= 15 is 0 Å². The summed E-state index contributed by atoms with van der Waals surface area (Å²) in [5.74, 6) is -1.23. The van der Waals surface area contributed by atoms with E-state index in [0.717, 1.165) is 28.0 Å². The lowest BCUT2D eigenvalue weighted by molar-refractivity contribution is 0.585. The first kappa shape index (κ1) is 12.9. The van der Waals surface area contributed by atoms with Gasteiger partial charge in [0.2, 0.25) is 0 Å². The van der Waals surface area contributed by atoms with Gasteiger partial charge in [-0.05, 0) is 19.1 Å². The highest BCUT2D eigenvalue weighted by atomic mass is 19.1. The van der Waals surface area contributed by atoms with E-state index in [2.05, 4.69) is 15.2 Å². The first-order valence-electron chi connectivity index (χ1n) is 6.84. The average Bonchev–Trinajstić information content (AvgIpc) is 2.88.